The Labute approximate surface area is 343 Å². The Morgan fingerprint density at radius 3 is 2.07 bits per heavy atom. The molecule has 3 rings (SSSR count). The number of unbranched alkanes of at least 4 members (excludes halogenated alkanes) is 1. The van der Waals surface area contributed by atoms with Gasteiger partial charge in [-0.15, -0.1) is 0 Å². The first kappa shape index (κ1) is 46.7. The first-order valence-corrected chi connectivity index (χ1v) is 19.8. The minimum atomic E-state index is -1.00. The highest BCUT2D eigenvalue weighted by atomic mass is 16.6. The molecule has 0 unspecified atom stereocenters. The van der Waals surface area contributed by atoms with E-state index in [1.54, 1.807) is 41.7 Å². The van der Waals surface area contributed by atoms with Gasteiger partial charge in [-0.2, -0.15) is 0 Å². The van der Waals surface area contributed by atoms with E-state index in [0.717, 1.165) is 21.9 Å². The van der Waals surface area contributed by atoms with Crippen LogP contribution in [0, 0.1) is 5.92 Å². The quantitative estimate of drug-likeness (QED) is 0.0793. The van der Waals surface area contributed by atoms with Crippen LogP contribution in [0.5, 0.6) is 0 Å². The zero-order chi connectivity index (χ0) is 43.0. The molecule has 0 aliphatic rings. The van der Waals surface area contributed by atoms with Crippen molar-refractivity contribution in [1.29, 1.82) is 0 Å². The first-order valence-electron chi connectivity index (χ1n) is 19.8. The number of alkyl carbamates (subject to hydrolysis) is 1. The van der Waals surface area contributed by atoms with Crippen molar-refractivity contribution in [2.45, 2.75) is 103 Å². The highest BCUT2D eigenvalue weighted by Crippen LogP contribution is 2.22. The molecule has 314 valence electrons. The average molecular weight is 799 g/mol. The van der Waals surface area contributed by atoms with Crippen molar-refractivity contribution in [2.24, 2.45) is 5.92 Å². The monoisotopic (exact) mass is 798 g/mol. The van der Waals surface area contributed by atoms with E-state index in [1.807, 2.05) is 72.8 Å². The van der Waals surface area contributed by atoms with Crippen molar-refractivity contribution in [3.05, 3.63) is 96.1 Å². The molecule has 3 atom stereocenters. The van der Waals surface area contributed by atoms with Gasteiger partial charge in [0.05, 0.1) is 5.92 Å². The van der Waals surface area contributed by atoms with Crippen LogP contribution in [0.4, 0.5) is 4.79 Å². The molecule has 0 bridgehead atoms. The number of amides is 6. The molecule has 5 N–H and O–H groups in total. The largest absolute Gasteiger partial charge is 0.444 e. The van der Waals surface area contributed by atoms with Gasteiger partial charge < -0.3 is 36.2 Å². The van der Waals surface area contributed by atoms with Gasteiger partial charge in [0.2, 0.25) is 29.5 Å². The van der Waals surface area contributed by atoms with Crippen molar-refractivity contribution in [1.82, 2.24) is 31.5 Å². The molecule has 0 heterocycles. The number of nitrogens with zero attached hydrogens (tertiary/aromatic N) is 1. The van der Waals surface area contributed by atoms with Crippen LogP contribution in [0.25, 0.3) is 10.8 Å². The number of nitrogens with one attached hydrogen (secondary N) is 5. The van der Waals surface area contributed by atoms with Crippen LogP contribution in [-0.2, 0) is 41.6 Å². The highest BCUT2D eigenvalue weighted by Gasteiger charge is 2.33. The second-order valence-corrected chi connectivity index (χ2v) is 16.4. The normalized spacial score (nSPS) is 13.0. The van der Waals surface area contributed by atoms with E-state index in [1.165, 1.54) is 18.9 Å². The van der Waals surface area contributed by atoms with Crippen LogP contribution in [-0.4, -0.2) is 90.9 Å². The molecule has 0 aliphatic carbocycles. The summed E-state index contributed by atoms with van der Waals surface area (Å²) in [6, 6.07) is 21.3. The Morgan fingerprint density at radius 2 is 1.43 bits per heavy atom. The topological polar surface area (TPSA) is 175 Å². The third kappa shape index (κ3) is 15.7. The number of carbonyl (C=O) groups excluding carboxylic acids is 6. The van der Waals surface area contributed by atoms with Gasteiger partial charge in [0.15, 0.2) is 0 Å². The molecule has 0 fully saturated rings. The number of ether oxygens (including phenoxy) is 1. The number of hydrogen-bond acceptors (Lipinski definition) is 7. The number of hydrogen-bond donors (Lipinski definition) is 5. The lowest BCUT2D eigenvalue weighted by molar-refractivity contribution is -0.137. The Morgan fingerprint density at radius 1 is 0.776 bits per heavy atom. The van der Waals surface area contributed by atoms with Crippen LogP contribution >= 0.6 is 0 Å². The van der Waals surface area contributed by atoms with Gasteiger partial charge in [0.25, 0.3) is 0 Å². The summed E-state index contributed by atoms with van der Waals surface area (Å²) >= 11 is 0. The summed E-state index contributed by atoms with van der Waals surface area (Å²) in [5.74, 6) is -2.63. The van der Waals surface area contributed by atoms with Crippen LogP contribution in [0.15, 0.2) is 84.9 Å². The maximum atomic E-state index is 14.3. The molecule has 0 saturated heterocycles. The number of benzene rings is 3. The Kier molecular flexibility index (Phi) is 17.5. The predicted octanol–water partition coefficient (Wildman–Crippen LogP) is 4.97. The van der Waals surface area contributed by atoms with Crippen LogP contribution in [0.1, 0.15) is 78.4 Å². The van der Waals surface area contributed by atoms with E-state index in [-0.39, 0.29) is 43.2 Å². The molecule has 3 aromatic rings. The highest BCUT2D eigenvalue weighted by molar-refractivity contribution is 5.97. The van der Waals surface area contributed by atoms with Crippen molar-refractivity contribution in [3.63, 3.8) is 0 Å². The lowest BCUT2D eigenvalue weighted by Crippen LogP contribution is -2.53. The van der Waals surface area contributed by atoms with Gasteiger partial charge in [-0.3, -0.25) is 24.0 Å². The van der Waals surface area contributed by atoms with Gasteiger partial charge in [0.1, 0.15) is 17.7 Å². The molecule has 3 aromatic carbocycles. The van der Waals surface area contributed by atoms with Crippen molar-refractivity contribution in [3.8, 4) is 0 Å². The number of likely N-dealkylation sites (N-methyl/N-ethyl adjacent to an activating group) is 2. The molecule has 6 amide bonds. The van der Waals surface area contributed by atoms with Crippen LogP contribution in [0.2, 0.25) is 0 Å². The maximum Gasteiger partial charge on any atom is 0.408 e. The third-order valence-corrected chi connectivity index (χ3v) is 9.52. The average Bonchev–Trinajstić information content (AvgIpc) is 3.15. The Balaban J connectivity index is 1.86. The van der Waals surface area contributed by atoms with Gasteiger partial charge in [-0.25, -0.2) is 4.79 Å². The van der Waals surface area contributed by atoms with Crippen LogP contribution < -0.4 is 26.6 Å². The van der Waals surface area contributed by atoms with E-state index in [0.29, 0.717) is 25.8 Å². The fraction of sp³-hybridized carbons (Fsp3) is 0.467. The minimum Gasteiger partial charge on any atom is -0.444 e. The fourth-order valence-electron chi connectivity index (χ4n) is 6.59. The first-order chi connectivity index (χ1) is 27.3. The molecular formula is C45H62N6O7. The van der Waals surface area contributed by atoms with Crippen molar-refractivity contribution < 1.29 is 33.5 Å². The number of fused-ring (bicyclic) bond motifs is 1. The molecule has 0 saturated carbocycles. The molecule has 0 aromatic heterocycles. The summed E-state index contributed by atoms with van der Waals surface area (Å²) in [6.07, 6.45) is 1.45. The lowest BCUT2D eigenvalue weighted by atomic mass is 9.94. The summed E-state index contributed by atoms with van der Waals surface area (Å²) < 4.78 is 5.41. The van der Waals surface area contributed by atoms with Crippen LogP contribution in [0.3, 0.4) is 0 Å². The summed E-state index contributed by atoms with van der Waals surface area (Å²) in [5, 5.41) is 16.0. The molecule has 0 spiro atoms. The lowest BCUT2D eigenvalue weighted by Gasteiger charge is -2.32. The van der Waals surface area contributed by atoms with E-state index in [4.69, 9.17) is 4.74 Å². The maximum absolute atomic E-state index is 14.3. The fourth-order valence-corrected chi connectivity index (χ4v) is 6.59. The SMILES string of the molecule is C=C(CC(C)(C)NC(=O)OC(C)(C)C)C(=O)N(C)[C@H](Cc1ccc2ccccc2c1)C(=O)NC[C@@H](Cc1ccccc1)C(=O)N[C@@H](CCCCNC(C)=O)C(=O)NC. The van der Waals surface area contributed by atoms with Gasteiger partial charge in [-0.05, 0) is 88.6 Å². The second kappa shape index (κ2) is 21.7. The Hall–Kier alpha value is -5.72. The zero-order valence-corrected chi connectivity index (χ0v) is 35.3. The van der Waals surface area contributed by atoms with Crippen molar-refractivity contribution in [2.75, 3.05) is 27.2 Å². The number of carbonyl (C=O) groups is 6. The molecule has 0 aliphatic heterocycles. The summed E-state index contributed by atoms with van der Waals surface area (Å²) in [5.41, 5.74) is 0.253. The molecule has 0 radical (unpaired) electrons. The predicted molar refractivity (Wildman–Crippen MR) is 227 cm³/mol. The summed E-state index contributed by atoms with van der Waals surface area (Å²) in [7, 11) is 3.04. The minimum absolute atomic E-state index is 0.0768. The molecular weight excluding hydrogens is 737 g/mol. The molecule has 13 heteroatoms. The van der Waals surface area contributed by atoms with E-state index in [9.17, 15) is 28.8 Å². The zero-order valence-electron chi connectivity index (χ0n) is 35.3. The third-order valence-electron chi connectivity index (χ3n) is 9.52. The van der Waals surface area contributed by atoms with Gasteiger partial charge in [0, 0.05) is 51.6 Å². The molecule has 13 nitrogen and oxygen atoms in total. The second-order valence-electron chi connectivity index (χ2n) is 16.4. The standard InChI is InChI=1S/C45H62N6O7/c1-30(28-45(6,7)50-43(57)58-44(3,4)5)42(56)51(9)38(27-33-22-23-34-19-13-14-20-35(34)26-33)41(55)48-29-36(25-32-17-11-10-12-18-32)39(53)49-37(40(54)46-8)21-15-16-24-47-31(2)52/h10-14,17-20,22-23,26,36-38H,1,15-16,21,24-25,27-29H2,2-9H3,(H,46,54)(H,47,52)(H,48,55)(H,49,53)(H,50,57)/t36-,37+,38-/m1/s1. The smallest absolute Gasteiger partial charge is 0.408 e. The van der Waals surface area contributed by atoms with E-state index >= 15 is 0 Å². The summed E-state index contributed by atoms with van der Waals surface area (Å²) in [4.78, 5) is 80.4. The van der Waals surface area contributed by atoms with Gasteiger partial charge >= 0.3 is 6.09 Å². The van der Waals surface area contributed by atoms with Crippen molar-refractivity contribution >= 4 is 46.4 Å². The van der Waals surface area contributed by atoms with E-state index < -0.39 is 53.0 Å². The van der Waals surface area contributed by atoms with Gasteiger partial charge in [-0.1, -0.05) is 79.4 Å². The summed E-state index contributed by atoms with van der Waals surface area (Å²) in [6.45, 7) is 14.7. The van der Waals surface area contributed by atoms with E-state index in [2.05, 4.69) is 33.2 Å². The number of rotatable bonds is 20. The Bertz CT molecular complexity index is 1910. The molecule has 58 heavy (non-hydrogen) atoms.